The molecule has 2 atom stereocenters. The van der Waals surface area contributed by atoms with E-state index in [2.05, 4.69) is 31.6 Å². The summed E-state index contributed by atoms with van der Waals surface area (Å²) >= 11 is 2.26. The van der Waals surface area contributed by atoms with Crippen LogP contribution in [0.15, 0.2) is 30.3 Å². The van der Waals surface area contributed by atoms with Gasteiger partial charge < -0.3 is 23.6 Å². The number of aliphatic hydroxyl groups is 1. The number of hydrogen-bond donors (Lipinski definition) is 1. The lowest BCUT2D eigenvalue weighted by molar-refractivity contribution is 0.0421. The number of benzene rings is 2. The molecule has 4 rings (SSSR count). The van der Waals surface area contributed by atoms with E-state index in [1.807, 2.05) is 38.1 Å². The molecule has 2 unspecified atom stereocenters. The van der Waals surface area contributed by atoms with E-state index in [-0.39, 0.29) is 5.92 Å². The number of β-amino-alcohol motifs (C(OH)–C–C–N with tert-alkyl or cyclic N) is 1. The molecule has 1 N–H and O–H groups in total. The number of anilines is 1. The molecule has 7 heteroatoms. The van der Waals surface area contributed by atoms with Gasteiger partial charge in [-0.05, 0) is 34.9 Å². The van der Waals surface area contributed by atoms with E-state index in [0.717, 1.165) is 28.1 Å². The van der Waals surface area contributed by atoms with Crippen LogP contribution in [-0.4, -0.2) is 38.6 Å². The van der Waals surface area contributed by atoms with Crippen LogP contribution in [-0.2, 0) is 6.42 Å². The van der Waals surface area contributed by atoms with Gasteiger partial charge in [-0.1, -0.05) is 19.9 Å². The monoisotopic (exact) mass is 515 g/mol. The molecular weight excluding hydrogens is 489 g/mol. The Morgan fingerprint density at radius 2 is 1.71 bits per heavy atom. The first-order valence-electron chi connectivity index (χ1n) is 9.26. The third-order valence-corrected chi connectivity index (χ3v) is 7.23. The highest BCUT2D eigenvalue weighted by atomic mass is 127. The fourth-order valence-corrected chi connectivity index (χ4v) is 5.75. The zero-order valence-corrected chi connectivity index (χ0v) is 19.8. The van der Waals surface area contributed by atoms with E-state index >= 15 is 0 Å². The van der Waals surface area contributed by atoms with Gasteiger partial charge in [0.2, 0.25) is 0 Å². The van der Waals surface area contributed by atoms with Crippen molar-refractivity contribution >= 4 is 36.0 Å². The maximum absolute atomic E-state index is 11.6. The quantitative estimate of drug-likeness (QED) is 0.458. The minimum absolute atomic E-state index is 0.0991. The first-order chi connectivity index (χ1) is 13.5. The molecule has 0 saturated carbocycles. The fourth-order valence-electron chi connectivity index (χ4n) is 4.19. The van der Waals surface area contributed by atoms with Crippen molar-refractivity contribution in [2.45, 2.75) is 31.8 Å². The second-order valence-corrected chi connectivity index (χ2v) is 8.41. The van der Waals surface area contributed by atoms with Crippen molar-refractivity contribution in [1.29, 1.82) is 0 Å². The van der Waals surface area contributed by atoms with Crippen molar-refractivity contribution in [2.24, 2.45) is 0 Å². The molecule has 0 aromatic heterocycles. The fraction of sp³-hybridized carbons (Fsp3) is 0.429. The van der Waals surface area contributed by atoms with Gasteiger partial charge in [-0.3, -0.25) is 0 Å². The van der Waals surface area contributed by atoms with Crippen molar-refractivity contribution < 1.29 is 19.3 Å². The number of nitrogens with zero attached hydrogens (tertiary/aromatic N) is 1. The molecule has 152 valence electrons. The standard InChI is InChI=1S/C19H20INO4S.C2H6/c1-23-12-4-5-13-15(7-12)21(26-20)10-19(22)9-11-6-16(24-2)17(25-3)8-14(11)18(13)19;1-2/h4-8,18,22H,9-10H2,1-3H3;1-2H3. The average Bonchev–Trinajstić information content (AvgIpc) is 3.03. The number of fused-ring (bicyclic) bond motifs is 5. The first kappa shape index (κ1) is 21.4. The summed E-state index contributed by atoms with van der Waals surface area (Å²) in [4.78, 5) is 0. The highest BCUT2D eigenvalue weighted by molar-refractivity contribution is 14.2. The molecule has 1 aliphatic heterocycles. The maximum atomic E-state index is 11.6. The number of rotatable bonds is 4. The van der Waals surface area contributed by atoms with Crippen LogP contribution in [0.3, 0.4) is 0 Å². The third-order valence-electron chi connectivity index (χ3n) is 5.31. The zero-order chi connectivity index (χ0) is 20.5. The van der Waals surface area contributed by atoms with Gasteiger partial charge in [-0.2, -0.15) is 0 Å². The smallest absolute Gasteiger partial charge is 0.161 e. The number of ether oxygens (including phenoxy) is 3. The molecule has 1 aliphatic carbocycles. The van der Waals surface area contributed by atoms with Crippen molar-refractivity contribution in [1.82, 2.24) is 0 Å². The van der Waals surface area contributed by atoms with Crippen LogP contribution in [0.4, 0.5) is 5.69 Å². The van der Waals surface area contributed by atoms with E-state index in [0.29, 0.717) is 24.5 Å². The maximum Gasteiger partial charge on any atom is 0.161 e. The number of hydrogen-bond acceptors (Lipinski definition) is 6. The molecule has 5 nitrogen and oxygen atoms in total. The molecule has 2 aliphatic rings. The SMILES string of the molecule is CC.COc1ccc2c(c1)N(SI)CC1(O)Cc3cc(OC)c(OC)cc3C21. The van der Waals surface area contributed by atoms with E-state index in [1.54, 1.807) is 30.4 Å². The molecule has 0 saturated heterocycles. The Labute approximate surface area is 183 Å². The summed E-state index contributed by atoms with van der Waals surface area (Å²) in [5.74, 6) is 2.10. The van der Waals surface area contributed by atoms with Crippen LogP contribution >= 0.6 is 30.3 Å². The summed E-state index contributed by atoms with van der Waals surface area (Å²) in [6.07, 6.45) is 0.590. The highest BCUT2D eigenvalue weighted by Crippen LogP contribution is 2.55. The summed E-state index contributed by atoms with van der Waals surface area (Å²) in [5, 5.41) is 11.6. The molecule has 28 heavy (non-hydrogen) atoms. The molecule has 0 radical (unpaired) electrons. The Morgan fingerprint density at radius 3 is 2.32 bits per heavy atom. The lowest BCUT2D eigenvalue weighted by Gasteiger charge is -2.42. The first-order valence-corrected chi connectivity index (χ1v) is 12.6. The Bertz CT molecular complexity index is 863. The van der Waals surface area contributed by atoms with Crippen LogP contribution < -0.4 is 18.5 Å². The Balaban J connectivity index is 0.00000109. The summed E-state index contributed by atoms with van der Waals surface area (Å²) in [6.45, 7) is 4.55. The van der Waals surface area contributed by atoms with E-state index in [4.69, 9.17) is 14.2 Å². The Kier molecular flexibility index (Phi) is 6.56. The average molecular weight is 515 g/mol. The molecule has 2 aromatic rings. The van der Waals surface area contributed by atoms with Crippen LogP contribution in [0.1, 0.15) is 36.5 Å². The predicted octanol–water partition coefficient (Wildman–Crippen LogP) is 4.98. The van der Waals surface area contributed by atoms with Crippen LogP contribution in [0.5, 0.6) is 17.2 Å². The molecule has 0 amide bonds. The minimum Gasteiger partial charge on any atom is -0.497 e. The Hall–Kier alpha value is -1.32. The van der Waals surface area contributed by atoms with Crippen LogP contribution in [0.25, 0.3) is 0 Å². The molecule has 0 spiro atoms. The summed E-state index contributed by atoms with van der Waals surface area (Å²) in [7, 11) is 6.53. The van der Waals surface area contributed by atoms with Gasteiger partial charge >= 0.3 is 0 Å². The third kappa shape index (κ3) is 3.41. The lowest BCUT2D eigenvalue weighted by atomic mass is 9.78. The molecule has 2 aromatic carbocycles. The summed E-state index contributed by atoms with van der Waals surface area (Å²) < 4.78 is 18.5. The normalized spacial score (nSPS) is 21.7. The van der Waals surface area contributed by atoms with Gasteiger partial charge in [0.1, 0.15) is 5.75 Å². The van der Waals surface area contributed by atoms with Gasteiger partial charge in [0, 0.05) is 48.7 Å². The van der Waals surface area contributed by atoms with E-state index in [9.17, 15) is 5.11 Å². The van der Waals surface area contributed by atoms with Gasteiger partial charge in [0.15, 0.2) is 11.5 Å². The van der Waals surface area contributed by atoms with Crippen molar-refractivity contribution in [3.8, 4) is 17.2 Å². The lowest BCUT2D eigenvalue weighted by Crippen LogP contribution is -2.48. The second kappa shape index (κ2) is 8.59. The van der Waals surface area contributed by atoms with Crippen LogP contribution in [0.2, 0.25) is 0 Å². The number of methoxy groups -OCH3 is 3. The number of halogens is 1. The molecule has 0 fully saturated rings. The zero-order valence-electron chi connectivity index (χ0n) is 16.8. The summed E-state index contributed by atoms with van der Waals surface area (Å²) in [6, 6.07) is 10.1. The van der Waals surface area contributed by atoms with E-state index < -0.39 is 5.60 Å². The highest BCUT2D eigenvalue weighted by Gasteiger charge is 2.51. The largest absolute Gasteiger partial charge is 0.497 e. The van der Waals surface area contributed by atoms with Crippen molar-refractivity contribution in [3.63, 3.8) is 0 Å². The van der Waals surface area contributed by atoms with Crippen molar-refractivity contribution in [3.05, 3.63) is 47.0 Å². The topological polar surface area (TPSA) is 51.2 Å². The predicted molar refractivity (Wildman–Crippen MR) is 123 cm³/mol. The van der Waals surface area contributed by atoms with Gasteiger partial charge in [-0.15, -0.1) is 0 Å². The van der Waals surface area contributed by atoms with Crippen LogP contribution in [0, 0.1) is 0 Å². The molecule has 1 heterocycles. The summed E-state index contributed by atoms with van der Waals surface area (Å²) in [5.41, 5.74) is 3.54. The minimum atomic E-state index is -0.862. The van der Waals surface area contributed by atoms with Gasteiger partial charge in [-0.25, -0.2) is 0 Å². The van der Waals surface area contributed by atoms with Crippen molar-refractivity contribution in [2.75, 3.05) is 32.2 Å². The molecular formula is C21H26INO4S. The van der Waals surface area contributed by atoms with Gasteiger partial charge in [0.05, 0.1) is 39.2 Å². The van der Waals surface area contributed by atoms with Gasteiger partial charge in [0.25, 0.3) is 0 Å². The Morgan fingerprint density at radius 1 is 1.04 bits per heavy atom. The molecule has 0 bridgehead atoms. The van der Waals surface area contributed by atoms with E-state index in [1.165, 1.54) is 0 Å². The second-order valence-electron chi connectivity index (χ2n) is 6.65.